The quantitative estimate of drug-likeness (QED) is 0.461. The Bertz CT molecular complexity index is 877. The third-order valence-electron chi connectivity index (χ3n) is 3.33. The number of benzene rings is 2. The summed E-state index contributed by atoms with van der Waals surface area (Å²) in [5.74, 6) is -2.04. The lowest BCUT2D eigenvalue weighted by atomic mass is 10.1. The number of nitrogens with zero attached hydrogens (tertiary/aromatic N) is 1. The van der Waals surface area contributed by atoms with E-state index in [0.29, 0.717) is 5.69 Å². The summed E-state index contributed by atoms with van der Waals surface area (Å²) in [7, 11) is 0. The highest BCUT2D eigenvalue weighted by atomic mass is 16.6. The maximum absolute atomic E-state index is 12.4. The fourth-order valence-electron chi connectivity index (χ4n) is 2.10. The molecule has 2 aromatic rings. The maximum Gasteiger partial charge on any atom is 0.338 e. The van der Waals surface area contributed by atoms with Crippen molar-refractivity contribution in [2.24, 2.45) is 5.73 Å². The number of amides is 2. The van der Waals surface area contributed by atoms with Gasteiger partial charge in [0.25, 0.3) is 11.6 Å². The number of nitro benzene ring substituents is 1. The van der Waals surface area contributed by atoms with Crippen LogP contribution in [0.4, 0.5) is 11.4 Å². The lowest BCUT2D eigenvalue weighted by Gasteiger charge is -2.08. The molecular formula is C17H15N3O6. The summed E-state index contributed by atoms with van der Waals surface area (Å²) in [6, 6.07) is 9.07. The van der Waals surface area contributed by atoms with Crippen molar-refractivity contribution in [2.45, 2.75) is 6.92 Å². The van der Waals surface area contributed by atoms with Crippen LogP contribution in [0, 0.1) is 10.1 Å². The van der Waals surface area contributed by atoms with Crippen LogP contribution in [-0.2, 0) is 4.74 Å². The lowest BCUT2D eigenvalue weighted by Crippen LogP contribution is -2.15. The number of non-ortho nitro benzene ring substituents is 1. The minimum absolute atomic E-state index is 0.0822. The van der Waals surface area contributed by atoms with Crippen molar-refractivity contribution in [3.05, 3.63) is 69.3 Å². The van der Waals surface area contributed by atoms with E-state index in [1.54, 1.807) is 6.92 Å². The first-order valence-electron chi connectivity index (χ1n) is 7.49. The van der Waals surface area contributed by atoms with Crippen molar-refractivity contribution in [3.63, 3.8) is 0 Å². The summed E-state index contributed by atoms with van der Waals surface area (Å²) in [6.45, 7) is 1.69. The molecule has 9 nitrogen and oxygen atoms in total. The van der Waals surface area contributed by atoms with Gasteiger partial charge in [-0.1, -0.05) is 0 Å². The molecule has 0 atom stereocenters. The fourth-order valence-corrected chi connectivity index (χ4v) is 2.10. The van der Waals surface area contributed by atoms with Crippen LogP contribution >= 0.6 is 0 Å². The second kappa shape index (κ2) is 7.88. The number of ether oxygens (including phenoxy) is 1. The van der Waals surface area contributed by atoms with Crippen molar-refractivity contribution in [2.75, 3.05) is 11.9 Å². The molecule has 26 heavy (non-hydrogen) atoms. The summed E-state index contributed by atoms with van der Waals surface area (Å²) >= 11 is 0. The monoisotopic (exact) mass is 357 g/mol. The number of nitrogens with two attached hydrogens (primary N) is 1. The van der Waals surface area contributed by atoms with Crippen LogP contribution in [0.5, 0.6) is 0 Å². The average molecular weight is 357 g/mol. The van der Waals surface area contributed by atoms with E-state index in [0.717, 1.165) is 12.1 Å². The Morgan fingerprint density at radius 3 is 2.23 bits per heavy atom. The van der Waals surface area contributed by atoms with Crippen LogP contribution in [0.3, 0.4) is 0 Å². The Balaban J connectivity index is 2.30. The zero-order valence-electron chi connectivity index (χ0n) is 13.7. The first-order valence-corrected chi connectivity index (χ1v) is 7.49. The Morgan fingerprint density at radius 2 is 1.69 bits per heavy atom. The highest BCUT2D eigenvalue weighted by molar-refractivity contribution is 6.06. The van der Waals surface area contributed by atoms with E-state index in [-0.39, 0.29) is 23.3 Å². The third-order valence-corrected chi connectivity index (χ3v) is 3.33. The molecule has 0 bridgehead atoms. The number of hydrogen-bond donors (Lipinski definition) is 2. The molecule has 9 heteroatoms. The lowest BCUT2D eigenvalue weighted by molar-refractivity contribution is -0.384. The van der Waals surface area contributed by atoms with Gasteiger partial charge < -0.3 is 15.8 Å². The van der Waals surface area contributed by atoms with Crippen LogP contribution in [0.1, 0.15) is 38.0 Å². The molecule has 0 radical (unpaired) electrons. The van der Waals surface area contributed by atoms with Gasteiger partial charge in [-0.05, 0) is 37.3 Å². The number of esters is 1. The van der Waals surface area contributed by atoms with Crippen molar-refractivity contribution in [3.8, 4) is 0 Å². The molecule has 0 unspecified atom stereocenters. The molecule has 0 aliphatic rings. The van der Waals surface area contributed by atoms with Crippen molar-refractivity contribution >= 4 is 29.2 Å². The van der Waals surface area contributed by atoms with Gasteiger partial charge in [0, 0.05) is 28.9 Å². The molecule has 0 saturated carbocycles. The molecule has 134 valence electrons. The van der Waals surface area contributed by atoms with Gasteiger partial charge in [-0.15, -0.1) is 0 Å². The predicted octanol–water partition coefficient (Wildman–Crippen LogP) is 2.12. The predicted molar refractivity (Wildman–Crippen MR) is 92.0 cm³/mol. The van der Waals surface area contributed by atoms with Gasteiger partial charge in [0.2, 0.25) is 5.91 Å². The molecular weight excluding hydrogens is 342 g/mol. The Morgan fingerprint density at radius 1 is 1.08 bits per heavy atom. The molecule has 2 rings (SSSR count). The number of anilines is 1. The minimum Gasteiger partial charge on any atom is -0.462 e. The van der Waals surface area contributed by atoms with Crippen molar-refractivity contribution < 1.29 is 24.0 Å². The fraction of sp³-hybridized carbons (Fsp3) is 0.118. The van der Waals surface area contributed by atoms with Gasteiger partial charge >= 0.3 is 5.97 Å². The Kier molecular flexibility index (Phi) is 5.63. The zero-order valence-corrected chi connectivity index (χ0v) is 13.7. The first kappa shape index (κ1) is 18.6. The number of carbonyl (C=O) groups is 3. The van der Waals surface area contributed by atoms with Crippen molar-refractivity contribution in [1.29, 1.82) is 0 Å². The minimum atomic E-state index is -0.768. The van der Waals surface area contributed by atoms with E-state index in [4.69, 9.17) is 10.5 Å². The summed E-state index contributed by atoms with van der Waals surface area (Å²) in [4.78, 5) is 45.6. The zero-order chi connectivity index (χ0) is 19.3. The van der Waals surface area contributed by atoms with Gasteiger partial charge in [-0.25, -0.2) is 4.79 Å². The average Bonchev–Trinajstić information content (AvgIpc) is 2.61. The van der Waals surface area contributed by atoms with Crippen LogP contribution in [0.2, 0.25) is 0 Å². The summed E-state index contributed by atoms with van der Waals surface area (Å²) in [6.07, 6.45) is 0. The molecule has 0 heterocycles. The standard InChI is InChI=1S/C17H15N3O6/c1-2-26-17(23)12-7-11(8-14(9-12)20(24)25)16(22)19-13-5-3-10(4-6-13)15(18)21/h3-9H,2H2,1H3,(H2,18,21)(H,19,22). The molecule has 0 spiro atoms. The van der Waals surface area contributed by atoms with E-state index in [9.17, 15) is 24.5 Å². The van der Waals surface area contributed by atoms with Crippen LogP contribution in [-0.4, -0.2) is 29.3 Å². The first-order chi connectivity index (χ1) is 12.3. The number of nitrogens with one attached hydrogen (secondary N) is 1. The molecule has 0 aliphatic heterocycles. The smallest absolute Gasteiger partial charge is 0.338 e. The summed E-state index contributed by atoms with van der Waals surface area (Å²) in [5.41, 5.74) is 5.16. The van der Waals surface area contributed by atoms with E-state index >= 15 is 0 Å². The van der Waals surface area contributed by atoms with E-state index in [1.165, 1.54) is 30.3 Å². The SMILES string of the molecule is CCOC(=O)c1cc(C(=O)Nc2ccc(C(N)=O)cc2)cc([N+](=O)[O-])c1. The van der Waals surface area contributed by atoms with E-state index in [1.807, 2.05) is 0 Å². The highest BCUT2D eigenvalue weighted by Crippen LogP contribution is 2.20. The third kappa shape index (κ3) is 4.41. The van der Waals surface area contributed by atoms with Gasteiger partial charge in [0.1, 0.15) is 0 Å². The Hall–Kier alpha value is -3.75. The number of carbonyl (C=O) groups excluding carboxylic acids is 3. The number of nitro groups is 1. The van der Waals surface area contributed by atoms with Gasteiger partial charge in [-0.3, -0.25) is 19.7 Å². The van der Waals surface area contributed by atoms with Crippen LogP contribution in [0.15, 0.2) is 42.5 Å². The molecule has 0 fully saturated rings. The van der Waals surface area contributed by atoms with Crippen LogP contribution in [0.25, 0.3) is 0 Å². The second-order valence-corrected chi connectivity index (χ2v) is 5.14. The van der Waals surface area contributed by atoms with E-state index in [2.05, 4.69) is 5.32 Å². The molecule has 0 aliphatic carbocycles. The topological polar surface area (TPSA) is 142 Å². The molecule has 2 aromatic carbocycles. The largest absolute Gasteiger partial charge is 0.462 e. The summed E-state index contributed by atoms with van der Waals surface area (Å²) < 4.78 is 4.81. The number of hydrogen-bond acceptors (Lipinski definition) is 6. The molecule has 0 aromatic heterocycles. The normalized spacial score (nSPS) is 10.0. The van der Waals surface area contributed by atoms with E-state index < -0.39 is 28.4 Å². The molecule has 0 saturated heterocycles. The Labute approximate surface area is 147 Å². The number of primary amides is 1. The van der Waals surface area contributed by atoms with Gasteiger partial charge in [0.15, 0.2) is 0 Å². The maximum atomic E-state index is 12.4. The molecule has 3 N–H and O–H groups in total. The van der Waals surface area contributed by atoms with Gasteiger partial charge in [-0.2, -0.15) is 0 Å². The second-order valence-electron chi connectivity index (χ2n) is 5.14. The number of rotatable bonds is 6. The highest BCUT2D eigenvalue weighted by Gasteiger charge is 2.19. The summed E-state index contributed by atoms with van der Waals surface area (Å²) in [5, 5.41) is 13.6. The van der Waals surface area contributed by atoms with Crippen molar-refractivity contribution in [1.82, 2.24) is 0 Å². The molecule has 2 amide bonds. The van der Waals surface area contributed by atoms with Crippen LogP contribution < -0.4 is 11.1 Å². The van der Waals surface area contributed by atoms with Gasteiger partial charge in [0.05, 0.1) is 17.1 Å².